The summed E-state index contributed by atoms with van der Waals surface area (Å²) in [7, 11) is 0. The van der Waals surface area contributed by atoms with Crippen LogP contribution in [0.25, 0.3) is 0 Å². The Bertz CT molecular complexity index is 436. The third-order valence-corrected chi connectivity index (χ3v) is 5.78. The number of anilines is 1. The fourth-order valence-corrected chi connectivity index (χ4v) is 4.40. The van der Waals surface area contributed by atoms with Crippen LogP contribution < -0.4 is 4.90 Å². The third kappa shape index (κ3) is 4.53. The Morgan fingerprint density at radius 3 is 2.00 bits per heavy atom. The molecule has 24 heavy (non-hydrogen) atoms. The van der Waals surface area contributed by atoms with Crippen molar-refractivity contribution in [2.24, 2.45) is 11.3 Å². The molecule has 1 aromatic carbocycles. The first-order valence-electron chi connectivity index (χ1n) is 10.4. The van der Waals surface area contributed by atoms with E-state index in [1.807, 2.05) is 27.7 Å². The van der Waals surface area contributed by atoms with E-state index in [-0.39, 0.29) is 0 Å². The number of rotatable bonds is 3. The highest BCUT2D eigenvalue weighted by Gasteiger charge is 2.47. The van der Waals surface area contributed by atoms with Gasteiger partial charge in [-0.15, -0.1) is 0 Å². The molecule has 2 saturated heterocycles. The van der Waals surface area contributed by atoms with Gasteiger partial charge in [0.15, 0.2) is 0 Å². The van der Waals surface area contributed by atoms with E-state index in [9.17, 15) is 0 Å². The van der Waals surface area contributed by atoms with Crippen molar-refractivity contribution >= 4 is 5.69 Å². The Balaban J connectivity index is 0.000000487. The van der Waals surface area contributed by atoms with Crippen LogP contribution in [0.5, 0.6) is 0 Å². The maximum Gasteiger partial charge on any atom is 0.0366 e. The van der Waals surface area contributed by atoms with E-state index in [4.69, 9.17) is 0 Å². The van der Waals surface area contributed by atoms with Gasteiger partial charge in [0.1, 0.15) is 0 Å². The van der Waals surface area contributed by atoms with Crippen LogP contribution in [0.3, 0.4) is 0 Å². The van der Waals surface area contributed by atoms with Crippen LogP contribution in [0.1, 0.15) is 59.8 Å². The molecular weight excluding hydrogens is 292 g/mol. The molecule has 1 aromatic rings. The SMILES string of the molecule is CC.CC.c1ccc(N2CCC(CN3CC4(CCC4)C3)CC2)cc1. The van der Waals surface area contributed by atoms with Crippen molar-refractivity contribution < 1.29 is 0 Å². The molecule has 2 heterocycles. The van der Waals surface area contributed by atoms with Gasteiger partial charge in [0.2, 0.25) is 0 Å². The van der Waals surface area contributed by atoms with E-state index in [0.29, 0.717) is 0 Å². The second-order valence-electron chi connectivity index (χ2n) is 7.29. The lowest BCUT2D eigenvalue weighted by atomic mass is 9.63. The van der Waals surface area contributed by atoms with Crippen molar-refractivity contribution in [2.45, 2.75) is 59.8 Å². The van der Waals surface area contributed by atoms with Gasteiger partial charge in [-0.25, -0.2) is 0 Å². The van der Waals surface area contributed by atoms with Gasteiger partial charge in [-0.2, -0.15) is 0 Å². The van der Waals surface area contributed by atoms with E-state index in [0.717, 1.165) is 11.3 Å². The first kappa shape index (κ1) is 19.3. The number of para-hydroxylation sites is 1. The molecule has 1 aliphatic carbocycles. The normalized spacial score (nSPS) is 22.4. The molecule has 0 bridgehead atoms. The van der Waals surface area contributed by atoms with E-state index < -0.39 is 0 Å². The molecule has 2 heteroatoms. The second kappa shape index (κ2) is 9.46. The minimum atomic E-state index is 0.796. The number of benzene rings is 1. The highest BCUT2D eigenvalue weighted by Crippen LogP contribution is 2.48. The highest BCUT2D eigenvalue weighted by molar-refractivity contribution is 5.46. The maximum atomic E-state index is 2.72. The molecule has 0 aromatic heterocycles. The minimum Gasteiger partial charge on any atom is -0.372 e. The average Bonchev–Trinajstić information content (AvgIpc) is 2.61. The summed E-state index contributed by atoms with van der Waals surface area (Å²) in [5, 5.41) is 0. The van der Waals surface area contributed by atoms with Crippen LogP contribution in [-0.4, -0.2) is 37.6 Å². The maximum absolute atomic E-state index is 2.72. The lowest BCUT2D eigenvalue weighted by molar-refractivity contribution is -0.0676. The van der Waals surface area contributed by atoms with Crippen LogP contribution >= 0.6 is 0 Å². The van der Waals surface area contributed by atoms with Crippen molar-refractivity contribution in [1.29, 1.82) is 0 Å². The van der Waals surface area contributed by atoms with Crippen LogP contribution in [0.15, 0.2) is 30.3 Å². The number of piperidine rings is 1. The molecule has 0 radical (unpaired) electrons. The molecule has 3 aliphatic rings. The van der Waals surface area contributed by atoms with Gasteiger partial charge in [0, 0.05) is 38.4 Å². The van der Waals surface area contributed by atoms with Gasteiger partial charge >= 0.3 is 0 Å². The van der Waals surface area contributed by atoms with Crippen molar-refractivity contribution in [3.8, 4) is 0 Å². The van der Waals surface area contributed by atoms with Crippen LogP contribution in [-0.2, 0) is 0 Å². The zero-order valence-electron chi connectivity index (χ0n) is 16.4. The number of likely N-dealkylation sites (tertiary alicyclic amines) is 1. The molecule has 0 N–H and O–H groups in total. The molecular formula is C22H38N2. The van der Waals surface area contributed by atoms with Crippen LogP contribution in [0.2, 0.25) is 0 Å². The van der Waals surface area contributed by atoms with Crippen LogP contribution in [0, 0.1) is 11.3 Å². The Labute approximate surface area is 150 Å². The van der Waals surface area contributed by atoms with Gasteiger partial charge < -0.3 is 9.80 Å². The molecule has 2 nitrogen and oxygen atoms in total. The Morgan fingerprint density at radius 2 is 1.50 bits per heavy atom. The fraction of sp³-hybridized carbons (Fsp3) is 0.727. The molecule has 1 spiro atoms. The third-order valence-electron chi connectivity index (χ3n) is 5.78. The second-order valence-corrected chi connectivity index (χ2v) is 7.29. The Hall–Kier alpha value is -1.02. The first-order chi connectivity index (χ1) is 11.8. The monoisotopic (exact) mass is 330 g/mol. The van der Waals surface area contributed by atoms with Crippen molar-refractivity contribution in [1.82, 2.24) is 4.90 Å². The van der Waals surface area contributed by atoms with Gasteiger partial charge in [0.05, 0.1) is 0 Å². The number of hydrogen-bond donors (Lipinski definition) is 0. The average molecular weight is 331 g/mol. The molecule has 0 amide bonds. The molecule has 0 atom stereocenters. The largest absolute Gasteiger partial charge is 0.372 e. The molecule has 136 valence electrons. The standard InChI is InChI=1S/C18H26N2.2C2H6/c1-2-5-17(6-3-1)20-11-7-16(8-12-20)13-19-14-18(15-19)9-4-10-18;2*1-2/h1-3,5-6,16H,4,7-15H2;2*1-2H3. The summed E-state index contributed by atoms with van der Waals surface area (Å²) >= 11 is 0. The summed E-state index contributed by atoms with van der Waals surface area (Å²) in [5.74, 6) is 0.937. The smallest absolute Gasteiger partial charge is 0.0366 e. The lowest BCUT2D eigenvalue weighted by Crippen LogP contribution is -2.60. The summed E-state index contributed by atoms with van der Waals surface area (Å²) in [6.45, 7) is 14.7. The van der Waals surface area contributed by atoms with Gasteiger partial charge in [-0.1, -0.05) is 52.3 Å². The minimum absolute atomic E-state index is 0.796. The summed E-state index contributed by atoms with van der Waals surface area (Å²) in [5.41, 5.74) is 2.20. The first-order valence-corrected chi connectivity index (χ1v) is 10.4. The summed E-state index contributed by atoms with van der Waals surface area (Å²) < 4.78 is 0. The van der Waals surface area contributed by atoms with Gasteiger partial charge in [0.25, 0.3) is 0 Å². The van der Waals surface area contributed by atoms with Crippen molar-refractivity contribution in [3.63, 3.8) is 0 Å². The summed E-state index contributed by atoms with van der Waals surface area (Å²) in [6, 6.07) is 10.9. The number of hydrogen-bond acceptors (Lipinski definition) is 2. The Kier molecular flexibility index (Phi) is 7.61. The van der Waals surface area contributed by atoms with E-state index in [2.05, 4.69) is 40.1 Å². The molecule has 4 rings (SSSR count). The molecule has 1 saturated carbocycles. The van der Waals surface area contributed by atoms with Gasteiger partial charge in [-0.3, -0.25) is 0 Å². The summed E-state index contributed by atoms with van der Waals surface area (Å²) in [6.07, 6.45) is 7.26. The molecule has 0 unspecified atom stereocenters. The predicted molar refractivity (Wildman–Crippen MR) is 107 cm³/mol. The summed E-state index contributed by atoms with van der Waals surface area (Å²) in [4.78, 5) is 5.28. The fourth-order valence-electron chi connectivity index (χ4n) is 4.40. The zero-order chi connectivity index (χ0) is 17.4. The number of nitrogens with zero attached hydrogens (tertiary/aromatic N) is 2. The molecule has 2 aliphatic heterocycles. The van der Waals surface area contributed by atoms with E-state index >= 15 is 0 Å². The topological polar surface area (TPSA) is 6.48 Å². The van der Waals surface area contributed by atoms with Crippen molar-refractivity contribution in [3.05, 3.63) is 30.3 Å². The van der Waals surface area contributed by atoms with E-state index in [1.54, 1.807) is 0 Å². The van der Waals surface area contributed by atoms with Crippen molar-refractivity contribution in [2.75, 3.05) is 37.6 Å². The van der Waals surface area contributed by atoms with Gasteiger partial charge in [-0.05, 0) is 49.1 Å². The van der Waals surface area contributed by atoms with E-state index in [1.165, 1.54) is 70.5 Å². The predicted octanol–water partition coefficient (Wildman–Crippen LogP) is 5.44. The molecule has 3 fully saturated rings. The zero-order valence-corrected chi connectivity index (χ0v) is 16.4. The highest BCUT2D eigenvalue weighted by atomic mass is 15.2. The lowest BCUT2D eigenvalue weighted by Gasteiger charge is -2.57. The quantitative estimate of drug-likeness (QED) is 0.728. The Morgan fingerprint density at radius 1 is 0.917 bits per heavy atom. The van der Waals surface area contributed by atoms with Crippen LogP contribution in [0.4, 0.5) is 5.69 Å².